The summed E-state index contributed by atoms with van der Waals surface area (Å²) < 4.78 is 65.6. The molecule has 27 heavy (non-hydrogen) atoms. The van der Waals surface area contributed by atoms with Gasteiger partial charge in [0.05, 0.1) is 30.5 Å². The normalized spacial score (nSPS) is 21.5. The van der Waals surface area contributed by atoms with Gasteiger partial charge in [-0.3, -0.25) is 0 Å². The molecule has 2 aromatic carbocycles. The van der Waals surface area contributed by atoms with E-state index in [1.54, 1.807) is 12.1 Å². The van der Waals surface area contributed by atoms with E-state index in [-0.39, 0.29) is 35.9 Å². The van der Waals surface area contributed by atoms with Crippen molar-refractivity contribution in [1.82, 2.24) is 4.31 Å². The predicted octanol–water partition coefficient (Wildman–Crippen LogP) is 2.24. The molecule has 0 unspecified atom stereocenters. The number of ether oxygens (including phenoxy) is 2. The lowest BCUT2D eigenvalue weighted by Gasteiger charge is -2.28. The van der Waals surface area contributed by atoms with Crippen molar-refractivity contribution in [2.75, 3.05) is 13.1 Å². The second kappa shape index (κ2) is 6.48. The molecule has 0 bridgehead atoms. The van der Waals surface area contributed by atoms with Gasteiger partial charge in [0.2, 0.25) is 21.5 Å². The smallest absolute Gasteiger partial charge is 0.243 e. The third-order valence-electron chi connectivity index (χ3n) is 4.58. The van der Waals surface area contributed by atoms with Gasteiger partial charge < -0.3 is 9.47 Å². The number of hydrogen-bond acceptors (Lipinski definition) is 5. The highest BCUT2D eigenvalue weighted by molar-refractivity contribution is 7.89. The molecule has 1 fully saturated rings. The lowest BCUT2D eigenvalue weighted by molar-refractivity contribution is 0.0467. The number of halogens is 2. The van der Waals surface area contributed by atoms with Crippen molar-refractivity contribution in [1.29, 1.82) is 5.26 Å². The number of nitrogens with zero attached hydrogens (tertiary/aromatic N) is 2. The SMILES string of the molecule is N#CCc1ccc(S(=O)(=O)N2C[C@@H]3Oc4c(F)ccc(F)c4O[C@@H]3C2)cc1. The van der Waals surface area contributed by atoms with E-state index in [1.807, 2.05) is 6.07 Å². The minimum absolute atomic E-state index is 0.0393. The maximum Gasteiger partial charge on any atom is 0.243 e. The number of benzene rings is 2. The zero-order valence-electron chi connectivity index (χ0n) is 13.9. The Kier molecular flexibility index (Phi) is 4.25. The van der Waals surface area contributed by atoms with Gasteiger partial charge in [-0.25, -0.2) is 17.2 Å². The Morgan fingerprint density at radius 3 is 2.00 bits per heavy atom. The molecule has 0 spiro atoms. The summed E-state index contributed by atoms with van der Waals surface area (Å²) in [6, 6.07) is 9.88. The molecule has 2 aliphatic heterocycles. The van der Waals surface area contributed by atoms with E-state index in [4.69, 9.17) is 14.7 Å². The van der Waals surface area contributed by atoms with Crippen LogP contribution in [0.5, 0.6) is 11.5 Å². The zero-order chi connectivity index (χ0) is 19.2. The highest BCUT2D eigenvalue weighted by atomic mass is 32.2. The van der Waals surface area contributed by atoms with Crippen LogP contribution in [0.1, 0.15) is 5.56 Å². The van der Waals surface area contributed by atoms with Crippen molar-refractivity contribution < 1.29 is 26.7 Å². The van der Waals surface area contributed by atoms with Crippen LogP contribution in [0.4, 0.5) is 8.78 Å². The van der Waals surface area contributed by atoms with E-state index in [2.05, 4.69) is 0 Å². The molecular formula is C18H14F2N2O4S. The fraction of sp³-hybridized carbons (Fsp3) is 0.278. The fourth-order valence-electron chi connectivity index (χ4n) is 3.19. The topological polar surface area (TPSA) is 79.6 Å². The Hall–Kier alpha value is -2.70. The van der Waals surface area contributed by atoms with Crippen molar-refractivity contribution in [2.45, 2.75) is 23.5 Å². The fourth-order valence-corrected chi connectivity index (χ4v) is 4.65. The summed E-state index contributed by atoms with van der Waals surface area (Å²) in [4.78, 5) is 0.0673. The monoisotopic (exact) mass is 392 g/mol. The van der Waals surface area contributed by atoms with Crippen LogP contribution in [0, 0.1) is 23.0 Å². The molecule has 2 aromatic rings. The maximum absolute atomic E-state index is 13.9. The van der Waals surface area contributed by atoms with Gasteiger partial charge in [0.25, 0.3) is 0 Å². The number of hydrogen-bond donors (Lipinski definition) is 0. The minimum Gasteiger partial charge on any atom is -0.478 e. The van der Waals surface area contributed by atoms with Crippen LogP contribution in [0.3, 0.4) is 0 Å². The second-order valence-electron chi connectivity index (χ2n) is 6.30. The molecule has 1 saturated heterocycles. The Labute approximate surface area is 154 Å². The molecule has 2 aliphatic rings. The van der Waals surface area contributed by atoms with Gasteiger partial charge in [-0.15, -0.1) is 0 Å². The van der Waals surface area contributed by atoms with Gasteiger partial charge in [0.15, 0.2) is 23.8 Å². The first-order valence-corrected chi connectivity index (χ1v) is 9.61. The summed E-state index contributed by atoms with van der Waals surface area (Å²) in [5, 5.41) is 8.70. The average Bonchev–Trinajstić information content (AvgIpc) is 3.08. The number of fused-ring (bicyclic) bond motifs is 2. The van der Waals surface area contributed by atoms with Crippen molar-refractivity contribution in [2.24, 2.45) is 0 Å². The average molecular weight is 392 g/mol. The second-order valence-corrected chi connectivity index (χ2v) is 8.24. The van der Waals surface area contributed by atoms with Crippen LogP contribution in [0.25, 0.3) is 0 Å². The van der Waals surface area contributed by atoms with Crippen LogP contribution in [-0.2, 0) is 16.4 Å². The summed E-state index contributed by atoms with van der Waals surface area (Å²) in [5.74, 6) is -2.20. The van der Waals surface area contributed by atoms with E-state index in [0.717, 1.165) is 12.1 Å². The van der Waals surface area contributed by atoms with E-state index in [1.165, 1.54) is 16.4 Å². The van der Waals surface area contributed by atoms with E-state index < -0.39 is 33.9 Å². The molecular weight excluding hydrogens is 378 g/mol. The van der Waals surface area contributed by atoms with E-state index in [9.17, 15) is 17.2 Å². The highest BCUT2D eigenvalue weighted by Gasteiger charge is 2.46. The molecule has 9 heteroatoms. The molecule has 0 N–H and O–H groups in total. The summed E-state index contributed by atoms with van der Waals surface area (Å²) in [6.45, 7) is -0.0787. The van der Waals surface area contributed by atoms with E-state index >= 15 is 0 Å². The molecule has 0 saturated carbocycles. The van der Waals surface area contributed by atoms with Crippen molar-refractivity contribution in [3.05, 3.63) is 53.6 Å². The quantitative estimate of drug-likeness (QED) is 0.801. The number of sulfonamides is 1. The lowest BCUT2D eigenvalue weighted by Crippen LogP contribution is -2.39. The molecule has 6 nitrogen and oxygen atoms in total. The molecule has 0 aliphatic carbocycles. The summed E-state index contributed by atoms with van der Waals surface area (Å²) in [6.07, 6.45) is -1.28. The largest absolute Gasteiger partial charge is 0.478 e. The molecule has 2 atom stereocenters. The first-order chi connectivity index (χ1) is 12.9. The Balaban J connectivity index is 1.57. The van der Waals surface area contributed by atoms with Crippen molar-refractivity contribution >= 4 is 10.0 Å². The third-order valence-corrected chi connectivity index (χ3v) is 6.43. The van der Waals surface area contributed by atoms with Crippen LogP contribution in [0.2, 0.25) is 0 Å². The van der Waals surface area contributed by atoms with Crippen molar-refractivity contribution in [3.8, 4) is 17.6 Å². The highest BCUT2D eigenvalue weighted by Crippen LogP contribution is 2.41. The van der Waals surface area contributed by atoms with Gasteiger partial charge in [-0.2, -0.15) is 9.57 Å². The first kappa shape index (κ1) is 17.7. The Bertz CT molecular complexity index is 996. The van der Waals surface area contributed by atoms with Gasteiger partial charge in [-0.1, -0.05) is 12.1 Å². The van der Waals surface area contributed by atoms with Crippen LogP contribution in [0.15, 0.2) is 41.3 Å². The van der Waals surface area contributed by atoms with E-state index in [0.29, 0.717) is 5.56 Å². The van der Waals surface area contributed by atoms with Gasteiger partial charge in [-0.05, 0) is 29.8 Å². The summed E-state index contributed by atoms with van der Waals surface area (Å²) in [5.41, 5.74) is 0.708. The molecule has 0 amide bonds. The molecule has 0 radical (unpaired) electrons. The maximum atomic E-state index is 13.9. The number of rotatable bonds is 3. The molecule has 140 valence electrons. The predicted molar refractivity (Wildman–Crippen MR) is 89.7 cm³/mol. The Morgan fingerprint density at radius 1 is 1.00 bits per heavy atom. The zero-order valence-corrected chi connectivity index (χ0v) is 14.7. The third kappa shape index (κ3) is 3.01. The molecule has 2 heterocycles. The number of nitriles is 1. The first-order valence-electron chi connectivity index (χ1n) is 8.17. The van der Waals surface area contributed by atoms with Crippen molar-refractivity contribution in [3.63, 3.8) is 0 Å². The van der Waals surface area contributed by atoms with Gasteiger partial charge >= 0.3 is 0 Å². The van der Waals surface area contributed by atoms with Gasteiger partial charge in [0.1, 0.15) is 0 Å². The molecule has 4 rings (SSSR count). The minimum atomic E-state index is -3.83. The Morgan fingerprint density at radius 2 is 1.52 bits per heavy atom. The summed E-state index contributed by atoms with van der Waals surface area (Å²) >= 11 is 0. The van der Waals surface area contributed by atoms with Gasteiger partial charge in [0, 0.05) is 0 Å². The van der Waals surface area contributed by atoms with Crippen LogP contribution in [-0.4, -0.2) is 38.0 Å². The van der Waals surface area contributed by atoms with Crippen LogP contribution < -0.4 is 9.47 Å². The van der Waals surface area contributed by atoms with Crippen LogP contribution >= 0.6 is 0 Å². The lowest BCUT2D eigenvalue weighted by atomic mass is 10.2. The molecule has 0 aromatic heterocycles. The summed E-state index contributed by atoms with van der Waals surface area (Å²) in [7, 11) is -3.83. The standard InChI is InChI=1S/C18H14F2N2O4S/c19-13-5-6-14(20)18-17(13)25-15-9-22(10-16(15)26-18)27(23,24)12-3-1-11(2-4-12)7-8-21/h1-6,15-16H,7,9-10H2/t15-,16+.